The number of rotatable bonds is 2. The maximum Gasteiger partial charge on any atom is 0.311 e. The summed E-state index contributed by atoms with van der Waals surface area (Å²) in [6.45, 7) is 0. The Hall–Kier alpha value is -1.56. The van der Waals surface area contributed by atoms with Gasteiger partial charge >= 0.3 is 5.69 Å². The van der Waals surface area contributed by atoms with Crippen molar-refractivity contribution in [3.63, 3.8) is 0 Å². The first kappa shape index (κ1) is 13.9. The second-order valence-electron chi connectivity index (χ2n) is 3.63. The van der Waals surface area contributed by atoms with Gasteiger partial charge < -0.3 is 5.73 Å². The van der Waals surface area contributed by atoms with Crippen LogP contribution in [0.3, 0.4) is 0 Å². The van der Waals surface area contributed by atoms with E-state index in [-0.39, 0.29) is 21.6 Å². The van der Waals surface area contributed by atoms with Crippen molar-refractivity contribution in [1.29, 1.82) is 0 Å². The Morgan fingerprint density at radius 3 is 2.26 bits per heavy atom. The number of aromatic nitrogens is 1. The number of hydrogen-bond acceptors (Lipinski definition) is 4. The van der Waals surface area contributed by atoms with E-state index < -0.39 is 4.92 Å². The molecule has 1 aromatic heterocycles. The lowest BCUT2D eigenvalue weighted by Crippen LogP contribution is -1.99. The maximum absolute atomic E-state index is 10.8. The molecule has 0 radical (unpaired) electrons. The maximum atomic E-state index is 10.8. The van der Waals surface area contributed by atoms with Crippen LogP contribution < -0.4 is 5.73 Å². The van der Waals surface area contributed by atoms with Crippen molar-refractivity contribution in [2.24, 2.45) is 0 Å². The standard InChI is InChI=1S/C11H6Cl3N3O2/c12-6-2-7(13)10(8(14)3-6)5-1-9(17(18)19)11(15)16-4-5/h1-4H,(H2,15,16). The fraction of sp³-hybridized carbons (Fsp3) is 0. The number of nitrogens with zero attached hydrogens (tertiary/aromatic N) is 2. The number of pyridine rings is 1. The van der Waals surface area contributed by atoms with Crippen molar-refractivity contribution in [2.75, 3.05) is 5.73 Å². The van der Waals surface area contributed by atoms with Gasteiger partial charge in [-0.25, -0.2) is 4.98 Å². The minimum atomic E-state index is -0.621. The van der Waals surface area contributed by atoms with Gasteiger partial charge in [-0.1, -0.05) is 34.8 Å². The normalized spacial score (nSPS) is 10.5. The summed E-state index contributed by atoms with van der Waals surface area (Å²) in [7, 11) is 0. The van der Waals surface area contributed by atoms with Crippen LogP contribution in [0, 0.1) is 10.1 Å². The monoisotopic (exact) mass is 317 g/mol. The number of benzene rings is 1. The van der Waals surface area contributed by atoms with Crippen LogP contribution in [0.2, 0.25) is 15.1 Å². The number of nitrogen functional groups attached to an aromatic ring is 1. The lowest BCUT2D eigenvalue weighted by atomic mass is 10.1. The molecule has 0 saturated carbocycles. The predicted molar refractivity (Wildman–Crippen MR) is 75.8 cm³/mol. The zero-order valence-corrected chi connectivity index (χ0v) is 11.5. The molecule has 0 amide bonds. The number of nitrogens with two attached hydrogens (primary N) is 1. The van der Waals surface area contributed by atoms with Crippen LogP contribution in [0.5, 0.6) is 0 Å². The topological polar surface area (TPSA) is 82.0 Å². The number of hydrogen-bond donors (Lipinski definition) is 1. The Labute approximate surface area is 123 Å². The summed E-state index contributed by atoms with van der Waals surface area (Å²) in [5, 5.41) is 11.8. The lowest BCUT2D eigenvalue weighted by molar-refractivity contribution is -0.384. The third kappa shape index (κ3) is 2.73. The van der Waals surface area contributed by atoms with E-state index >= 15 is 0 Å². The predicted octanol–water partition coefficient (Wildman–Crippen LogP) is 4.20. The van der Waals surface area contributed by atoms with E-state index in [4.69, 9.17) is 40.5 Å². The molecule has 2 aromatic rings. The highest BCUT2D eigenvalue weighted by Gasteiger charge is 2.17. The van der Waals surface area contributed by atoms with Gasteiger partial charge in [0.15, 0.2) is 0 Å². The molecule has 0 fully saturated rings. The molecule has 19 heavy (non-hydrogen) atoms. The van der Waals surface area contributed by atoms with Crippen molar-refractivity contribution in [1.82, 2.24) is 4.98 Å². The van der Waals surface area contributed by atoms with E-state index in [0.29, 0.717) is 16.1 Å². The van der Waals surface area contributed by atoms with Crippen molar-refractivity contribution in [2.45, 2.75) is 0 Å². The smallest absolute Gasteiger partial charge is 0.311 e. The molecule has 0 bridgehead atoms. The summed E-state index contributed by atoms with van der Waals surface area (Å²) in [6.07, 6.45) is 1.36. The Balaban J connectivity index is 2.66. The second kappa shape index (κ2) is 5.21. The summed E-state index contributed by atoms with van der Waals surface area (Å²) in [4.78, 5) is 14.0. The Morgan fingerprint density at radius 1 is 1.16 bits per heavy atom. The van der Waals surface area contributed by atoms with Crippen LogP contribution in [-0.4, -0.2) is 9.91 Å². The van der Waals surface area contributed by atoms with Crippen molar-refractivity contribution in [3.8, 4) is 11.1 Å². The van der Waals surface area contributed by atoms with Crippen molar-refractivity contribution < 1.29 is 4.92 Å². The van der Waals surface area contributed by atoms with Gasteiger partial charge in [0, 0.05) is 28.4 Å². The first-order valence-corrected chi connectivity index (χ1v) is 6.08. The van der Waals surface area contributed by atoms with Crippen LogP contribution in [-0.2, 0) is 0 Å². The van der Waals surface area contributed by atoms with Gasteiger partial charge in [-0.15, -0.1) is 0 Å². The zero-order valence-electron chi connectivity index (χ0n) is 9.23. The van der Waals surface area contributed by atoms with E-state index in [1.54, 1.807) is 0 Å². The minimum absolute atomic E-state index is 0.171. The number of nitro groups is 1. The molecule has 0 aliphatic carbocycles. The van der Waals surface area contributed by atoms with Gasteiger partial charge in [0.05, 0.1) is 15.0 Å². The molecular formula is C11H6Cl3N3O2. The van der Waals surface area contributed by atoms with Gasteiger partial charge in [0.2, 0.25) is 5.82 Å². The van der Waals surface area contributed by atoms with Gasteiger partial charge in [-0.3, -0.25) is 10.1 Å². The molecule has 1 heterocycles. The molecule has 98 valence electrons. The molecule has 2 N–H and O–H groups in total. The Kier molecular flexibility index (Phi) is 3.80. The van der Waals surface area contributed by atoms with E-state index in [0.717, 1.165) is 0 Å². The molecule has 2 rings (SSSR count). The van der Waals surface area contributed by atoms with Gasteiger partial charge in [0.25, 0.3) is 0 Å². The molecule has 1 aromatic carbocycles. The van der Waals surface area contributed by atoms with Gasteiger partial charge in [-0.05, 0) is 12.1 Å². The summed E-state index contributed by atoms with van der Waals surface area (Å²) in [6, 6.07) is 4.25. The molecule has 0 aliphatic rings. The van der Waals surface area contributed by atoms with E-state index in [1.165, 1.54) is 24.4 Å². The van der Waals surface area contributed by atoms with Crippen molar-refractivity contribution >= 4 is 46.3 Å². The summed E-state index contributed by atoms with van der Waals surface area (Å²) >= 11 is 17.9. The highest BCUT2D eigenvalue weighted by Crippen LogP contribution is 2.38. The highest BCUT2D eigenvalue weighted by atomic mass is 35.5. The summed E-state index contributed by atoms with van der Waals surface area (Å²) in [5.41, 5.74) is 5.94. The molecule has 0 aliphatic heterocycles. The Morgan fingerprint density at radius 2 is 1.74 bits per heavy atom. The van der Waals surface area contributed by atoms with Crippen molar-refractivity contribution in [3.05, 3.63) is 49.6 Å². The van der Waals surface area contributed by atoms with Crippen LogP contribution >= 0.6 is 34.8 Å². The molecule has 0 saturated heterocycles. The van der Waals surface area contributed by atoms with Crippen LogP contribution in [0.4, 0.5) is 11.5 Å². The summed E-state index contributed by atoms with van der Waals surface area (Å²) in [5.74, 6) is -0.171. The van der Waals surface area contributed by atoms with Crippen LogP contribution in [0.15, 0.2) is 24.4 Å². The number of anilines is 1. The molecule has 0 unspecified atom stereocenters. The highest BCUT2D eigenvalue weighted by molar-refractivity contribution is 6.41. The van der Waals surface area contributed by atoms with E-state index in [9.17, 15) is 10.1 Å². The fourth-order valence-electron chi connectivity index (χ4n) is 1.56. The molecule has 0 atom stereocenters. The van der Waals surface area contributed by atoms with E-state index in [1.807, 2.05) is 0 Å². The van der Waals surface area contributed by atoms with Gasteiger partial charge in [-0.2, -0.15) is 0 Å². The Bertz CT molecular complexity index is 653. The third-order valence-electron chi connectivity index (χ3n) is 2.39. The SMILES string of the molecule is Nc1ncc(-c2c(Cl)cc(Cl)cc2Cl)cc1[N+](=O)[O-]. The lowest BCUT2D eigenvalue weighted by Gasteiger charge is -2.08. The molecule has 5 nitrogen and oxygen atoms in total. The molecular weight excluding hydrogens is 312 g/mol. The quantitative estimate of drug-likeness (QED) is 0.664. The van der Waals surface area contributed by atoms with Crippen LogP contribution in [0.1, 0.15) is 0 Å². The van der Waals surface area contributed by atoms with Crippen LogP contribution in [0.25, 0.3) is 11.1 Å². The summed E-state index contributed by atoms with van der Waals surface area (Å²) < 4.78 is 0. The molecule has 8 heteroatoms. The van der Waals surface area contributed by atoms with Gasteiger partial charge in [0.1, 0.15) is 0 Å². The molecule has 0 spiro atoms. The average Bonchev–Trinajstić information content (AvgIpc) is 2.29. The average molecular weight is 319 g/mol. The van der Waals surface area contributed by atoms with E-state index in [2.05, 4.69) is 4.98 Å². The zero-order chi connectivity index (χ0) is 14.2. The fourth-order valence-corrected chi connectivity index (χ4v) is 2.60. The number of halogens is 3. The first-order chi connectivity index (χ1) is 8.90. The first-order valence-electron chi connectivity index (χ1n) is 4.95. The second-order valence-corrected chi connectivity index (χ2v) is 4.88. The largest absolute Gasteiger partial charge is 0.378 e. The minimum Gasteiger partial charge on any atom is -0.378 e. The third-order valence-corrected chi connectivity index (χ3v) is 3.20.